The molecule has 0 bridgehead atoms. The lowest BCUT2D eigenvalue weighted by Gasteiger charge is -2.03. The first kappa shape index (κ1) is 15.3. The van der Waals surface area contributed by atoms with E-state index in [1.165, 1.54) is 27.1 Å². The van der Waals surface area contributed by atoms with E-state index in [2.05, 4.69) is 23.0 Å². The van der Waals surface area contributed by atoms with Gasteiger partial charge in [0.2, 0.25) is 0 Å². The van der Waals surface area contributed by atoms with E-state index in [-0.39, 0.29) is 5.78 Å². The Morgan fingerprint density at radius 1 is 1.26 bits per heavy atom. The van der Waals surface area contributed by atoms with Crippen molar-refractivity contribution in [1.29, 1.82) is 0 Å². The average Bonchev–Trinajstić information content (AvgIpc) is 3.26. The summed E-state index contributed by atoms with van der Waals surface area (Å²) < 4.78 is 0. The number of ketones is 1. The fourth-order valence-corrected chi connectivity index (χ4v) is 6.11. The first-order valence-electron chi connectivity index (χ1n) is 7.76. The molecule has 0 aliphatic heterocycles. The lowest BCUT2D eigenvalue weighted by atomic mass is 10.2. The van der Waals surface area contributed by atoms with Crippen LogP contribution in [0.15, 0.2) is 23.5 Å². The SMILES string of the molecule is CCc1ccc(C(=O)CSc2ncnc3sc4c(c23)CCC4)s1. The second-order valence-electron chi connectivity index (χ2n) is 5.55. The number of hydrogen-bond acceptors (Lipinski definition) is 6. The van der Waals surface area contributed by atoms with Crippen LogP contribution in [0.2, 0.25) is 0 Å². The largest absolute Gasteiger partial charge is 0.292 e. The number of Topliss-reactive ketones (excluding diaryl/α,β-unsaturated/α-hetero) is 1. The summed E-state index contributed by atoms with van der Waals surface area (Å²) in [5.41, 5.74) is 1.42. The summed E-state index contributed by atoms with van der Waals surface area (Å²) in [6.07, 6.45) is 6.12. The van der Waals surface area contributed by atoms with Crippen LogP contribution in [0.3, 0.4) is 0 Å². The molecule has 0 fully saturated rings. The van der Waals surface area contributed by atoms with Crippen molar-refractivity contribution in [3.63, 3.8) is 0 Å². The van der Waals surface area contributed by atoms with E-state index in [0.29, 0.717) is 5.75 Å². The third-order valence-electron chi connectivity index (χ3n) is 4.09. The maximum absolute atomic E-state index is 12.4. The first-order chi connectivity index (χ1) is 11.3. The van der Waals surface area contributed by atoms with Crippen molar-refractivity contribution in [2.24, 2.45) is 0 Å². The number of thiophene rings is 2. The Bertz CT molecular complexity index is 881. The molecule has 3 aromatic rings. The van der Waals surface area contributed by atoms with Gasteiger partial charge in [0.1, 0.15) is 16.2 Å². The maximum Gasteiger partial charge on any atom is 0.183 e. The molecule has 6 heteroatoms. The monoisotopic (exact) mass is 360 g/mol. The molecule has 118 valence electrons. The van der Waals surface area contributed by atoms with Gasteiger partial charge in [0, 0.05) is 15.1 Å². The Morgan fingerprint density at radius 2 is 2.17 bits per heavy atom. The molecular formula is C17H16N2OS3. The minimum atomic E-state index is 0.193. The third-order valence-corrected chi connectivity index (χ3v) is 7.55. The molecule has 0 amide bonds. The number of aryl methyl sites for hydroxylation is 3. The molecule has 0 radical (unpaired) electrons. The average molecular weight is 361 g/mol. The highest BCUT2D eigenvalue weighted by Gasteiger charge is 2.21. The number of fused-ring (bicyclic) bond motifs is 3. The van der Waals surface area contributed by atoms with Crippen LogP contribution in [0, 0.1) is 0 Å². The third kappa shape index (κ3) is 2.84. The molecule has 1 aliphatic rings. The zero-order chi connectivity index (χ0) is 15.8. The van der Waals surface area contributed by atoms with Gasteiger partial charge in [-0.1, -0.05) is 18.7 Å². The Morgan fingerprint density at radius 3 is 3.00 bits per heavy atom. The zero-order valence-corrected chi connectivity index (χ0v) is 15.2. The van der Waals surface area contributed by atoms with Gasteiger partial charge in [0.05, 0.1) is 10.6 Å². The quantitative estimate of drug-likeness (QED) is 0.373. The molecule has 0 atom stereocenters. The predicted octanol–water partition coefficient (Wildman–Crippen LogP) is 4.78. The van der Waals surface area contributed by atoms with Crippen molar-refractivity contribution in [3.8, 4) is 0 Å². The highest BCUT2D eigenvalue weighted by atomic mass is 32.2. The van der Waals surface area contributed by atoms with Gasteiger partial charge in [-0.3, -0.25) is 4.79 Å². The van der Waals surface area contributed by atoms with Gasteiger partial charge in [-0.15, -0.1) is 22.7 Å². The Balaban J connectivity index is 1.57. The Kier molecular flexibility index (Phi) is 4.22. The summed E-state index contributed by atoms with van der Waals surface area (Å²) in [5, 5.41) is 2.17. The van der Waals surface area contributed by atoms with Crippen molar-refractivity contribution in [3.05, 3.63) is 38.7 Å². The Labute approximate surface area is 147 Å². The zero-order valence-electron chi connectivity index (χ0n) is 12.8. The van der Waals surface area contributed by atoms with Crippen LogP contribution in [-0.2, 0) is 19.3 Å². The molecule has 3 aromatic heterocycles. The van der Waals surface area contributed by atoms with Crippen molar-refractivity contribution in [2.75, 3.05) is 5.75 Å². The lowest BCUT2D eigenvalue weighted by Crippen LogP contribution is -2.00. The molecule has 3 nitrogen and oxygen atoms in total. The van der Waals surface area contributed by atoms with Gasteiger partial charge in [0.15, 0.2) is 5.78 Å². The van der Waals surface area contributed by atoms with Gasteiger partial charge < -0.3 is 0 Å². The van der Waals surface area contributed by atoms with E-state index in [1.54, 1.807) is 40.8 Å². The molecule has 0 saturated heterocycles. The summed E-state index contributed by atoms with van der Waals surface area (Å²) in [6.45, 7) is 2.11. The van der Waals surface area contributed by atoms with Crippen molar-refractivity contribution in [1.82, 2.24) is 9.97 Å². The van der Waals surface area contributed by atoms with E-state index >= 15 is 0 Å². The molecule has 1 aliphatic carbocycles. The van der Waals surface area contributed by atoms with Gasteiger partial charge in [-0.05, 0) is 43.4 Å². The number of rotatable bonds is 5. The summed E-state index contributed by atoms with van der Waals surface area (Å²) in [6, 6.07) is 4.00. The van der Waals surface area contributed by atoms with E-state index in [9.17, 15) is 4.79 Å². The maximum atomic E-state index is 12.4. The lowest BCUT2D eigenvalue weighted by molar-refractivity contribution is 0.102. The molecule has 0 aromatic carbocycles. The second-order valence-corrected chi connectivity index (χ2v) is 8.76. The van der Waals surface area contributed by atoms with E-state index in [0.717, 1.165) is 34.0 Å². The van der Waals surface area contributed by atoms with E-state index in [1.807, 2.05) is 6.07 Å². The Hall–Kier alpha value is -1.24. The van der Waals surface area contributed by atoms with Crippen molar-refractivity contribution in [2.45, 2.75) is 37.6 Å². The number of nitrogens with zero attached hydrogens (tertiary/aromatic N) is 2. The normalized spacial score (nSPS) is 13.6. The molecular weight excluding hydrogens is 344 g/mol. The molecule has 23 heavy (non-hydrogen) atoms. The topological polar surface area (TPSA) is 42.9 Å². The summed E-state index contributed by atoms with van der Waals surface area (Å²) in [4.78, 5) is 25.9. The standard InChI is InChI=1S/C17H16N2OS3/c1-2-10-6-7-14(22-10)12(20)8-21-16-15-11-4-3-5-13(11)23-17(15)19-9-18-16/h6-7,9H,2-5,8H2,1H3. The highest BCUT2D eigenvalue weighted by molar-refractivity contribution is 8.00. The summed E-state index contributed by atoms with van der Waals surface area (Å²) in [7, 11) is 0. The number of carbonyl (C=O) groups is 1. The minimum Gasteiger partial charge on any atom is -0.292 e. The molecule has 0 unspecified atom stereocenters. The van der Waals surface area contributed by atoms with Crippen LogP contribution >= 0.6 is 34.4 Å². The number of aromatic nitrogens is 2. The second kappa shape index (κ2) is 6.34. The van der Waals surface area contributed by atoms with Gasteiger partial charge in [-0.2, -0.15) is 0 Å². The van der Waals surface area contributed by atoms with E-state index < -0.39 is 0 Å². The van der Waals surface area contributed by atoms with Crippen LogP contribution in [-0.4, -0.2) is 21.5 Å². The minimum absolute atomic E-state index is 0.193. The fraction of sp³-hybridized carbons (Fsp3) is 0.353. The van der Waals surface area contributed by atoms with Crippen molar-refractivity contribution >= 4 is 50.4 Å². The van der Waals surface area contributed by atoms with Crippen LogP contribution in [0.1, 0.15) is 38.3 Å². The smallest absolute Gasteiger partial charge is 0.183 e. The van der Waals surface area contributed by atoms with Crippen LogP contribution in [0.5, 0.6) is 0 Å². The number of hydrogen-bond donors (Lipinski definition) is 0. The molecule has 4 rings (SSSR count). The van der Waals surface area contributed by atoms with Gasteiger partial charge in [-0.25, -0.2) is 9.97 Å². The predicted molar refractivity (Wildman–Crippen MR) is 98.2 cm³/mol. The highest BCUT2D eigenvalue weighted by Crippen LogP contribution is 2.40. The fourth-order valence-electron chi connectivity index (χ4n) is 2.93. The van der Waals surface area contributed by atoms with Gasteiger partial charge >= 0.3 is 0 Å². The molecule has 0 N–H and O–H groups in total. The molecule has 0 saturated carbocycles. The molecule has 3 heterocycles. The number of carbonyl (C=O) groups excluding carboxylic acids is 1. The summed E-state index contributed by atoms with van der Waals surface area (Å²) >= 11 is 4.95. The van der Waals surface area contributed by atoms with Crippen LogP contribution in [0.25, 0.3) is 10.2 Å². The summed E-state index contributed by atoms with van der Waals surface area (Å²) in [5.74, 6) is 0.638. The van der Waals surface area contributed by atoms with E-state index in [4.69, 9.17) is 0 Å². The molecule has 0 spiro atoms. The first-order valence-corrected chi connectivity index (χ1v) is 10.4. The number of thioether (sulfide) groups is 1. The van der Waals surface area contributed by atoms with Gasteiger partial charge in [0.25, 0.3) is 0 Å². The van der Waals surface area contributed by atoms with Crippen molar-refractivity contribution < 1.29 is 4.79 Å². The van der Waals surface area contributed by atoms with Crippen LogP contribution < -0.4 is 0 Å². The van der Waals surface area contributed by atoms with Crippen LogP contribution in [0.4, 0.5) is 0 Å².